The smallest absolute Gasteiger partial charge is 0.427 e. The minimum absolute atomic E-state index is 0.173. The summed E-state index contributed by atoms with van der Waals surface area (Å²) in [5.41, 5.74) is 1.24. The zero-order valence-electron chi connectivity index (χ0n) is 16.2. The molecule has 1 N–H and O–H groups in total. The first kappa shape index (κ1) is 21.3. The Balaban J connectivity index is 1.64. The monoisotopic (exact) mass is 438 g/mol. The predicted octanol–water partition coefficient (Wildman–Crippen LogP) is 4.26. The Morgan fingerprint density at radius 2 is 1.86 bits per heavy atom. The van der Waals surface area contributed by atoms with E-state index in [9.17, 15) is 9.59 Å². The molecule has 1 aromatic carbocycles. The standard InChI is InChI=1S/C19H20Cl2N4O4/c1-19(2,3)28-18(27)29-25-5-4-15-12(10-25)9-22-17(23-15)24-16(26)11-6-13(20)8-14(21)7-11/h6-9H,4-5,10H2,1-3H3,(H,22,23,24,26). The van der Waals surface area contributed by atoms with Crippen LogP contribution in [0.3, 0.4) is 0 Å². The molecule has 1 aromatic heterocycles. The number of amides is 1. The summed E-state index contributed by atoms with van der Waals surface area (Å²) in [4.78, 5) is 38.0. The number of halogens is 2. The second kappa shape index (κ2) is 8.52. The highest BCUT2D eigenvalue weighted by Gasteiger charge is 2.25. The van der Waals surface area contributed by atoms with Crippen LogP contribution in [0.5, 0.6) is 0 Å². The fourth-order valence-corrected chi connectivity index (χ4v) is 3.19. The Hall–Kier alpha value is -2.42. The summed E-state index contributed by atoms with van der Waals surface area (Å²) in [7, 11) is 0. The van der Waals surface area contributed by atoms with E-state index < -0.39 is 17.7 Å². The van der Waals surface area contributed by atoms with Crippen LogP contribution in [0.4, 0.5) is 10.7 Å². The van der Waals surface area contributed by atoms with Crippen molar-refractivity contribution < 1.29 is 19.2 Å². The zero-order chi connectivity index (χ0) is 21.2. The summed E-state index contributed by atoms with van der Waals surface area (Å²) in [6.07, 6.45) is 1.35. The summed E-state index contributed by atoms with van der Waals surface area (Å²) in [6.45, 7) is 6.07. The molecule has 0 bridgehead atoms. The number of aromatic nitrogens is 2. The molecular weight excluding hydrogens is 419 g/mol. The molecular formula is C19H20Cl2N4O4. The van der Waals surface area contributed by atoms with Gasteiger partial charge in [0.05, 0.1) is 12.2 Å². The fourth-order valence-electron chi connectivity index (χ4n) is 2.66. The molecule has 0 fully saturated rings. The van der Waals surface area contributed by atoms with E-state index in [1.54, 1.807) is 33.0 Å². The number of nitrogens with zero attached hydrogens (tertiary/aromatic N) is 3. The van der Waals surface area contributed by atoms with Crippen LogP contribution < -0.4 is 5.32 Å². The third kappa shape index (κ3) is 6.03. The summed E-state index contributed by atoms with van der Waals surface area (Å²) in [5, 5.41) is 4.85. The highest BCUT2D eigenvalue weighted by molar-refractivity contribution is 6.35. The number of carbonyl (C=O) groups is 2. The van der Waals surface area contributed by atoms with Crippen molar-refractivity contribution in [2.45, 2.75) is 39.3 Å². The van der Waals surface area contributed by atoms with Gasteiger partial charge in [0, 0.05) is 40.3 Å². The molecule has 1 aliphatic heterocycles. The van der Waals surface area contributed by atoms with E-state index in [-0.39, 0.29) is 5.95 Å². The molecule has 2 heterocycles. The van der Waals surface area contributed by atoms with Crippen LogP contribution in [0.25, 0.3) is 0 Å². The third-order valence-electron chi connectivity index (χ3n) is 3.84. The quantitative estimate of drug-likeness (QED) is 0.715. The number of hydrogen-bond acceptors (Lipinski definition) is 7. The molecule has 0 saturated carbocycles. The maximum absolute atomic E-state index is 12.4. The number of anilines is 1. The van der Waals surface area contributed by atoms with Crippen LogP contribution in [0.1, 0.15) is 42.4 Å². The first-order chi connectivity index (χ1) is 13.6. The van der Waals surface area contributed by atoms with E-state index in [1.165, 1.54) is 17.2 Å². The van der Waals surface area contributed by atoms with Crippen molar-refractivity contribution in [1.82, 2.24) is 15.0 Å². The summed E-state index contributed by atoms with van der Waals surface area (Å²) < 4.78 is 5.15. The molecule has 1 aliphatic rings. The maximum Gasteiger partial charge on any atom is 0.528 e. The average molecular weight is 439 g/mol. The SMILES string of the molecule is CC(C)(C)OC(=O)ON1CCc2nc(NC(=O)c3cc(Cl)cc(Cl)c3)ncc2C1. The van der Waals surface area contributed by atoms with Gasteiger partial charge in [-0.15, -0.1) is 5.06 Å². The number of ether oxygens (including phenoxy) is 1. The van der Waals surface area contributed by atoms with Gasteiger partial charge in [-0.05, 0) is 39.0 Å². The van der Waals surface area contributed by atoms with Crippen molar-refractivity contribution >= 4 is 41.2 Å². The Morgan fingerprint density at radius 1 is 1.17 bits per heavy atom. The van der Waals surface area contributed by atoms with Gasteiger partial charge in [-0.25, -0.2) is 14.8 Å². The van der Waals surface area contributed by atoms with Crippen molar-refractivity contribution in [2.75, 3.05) is 11.9 Å². The Morgan fingerprint density at radius 3 is 2.52 bits per heavy atom. The first-order valence-corrected chi connectivity index (χ1v) is 9.63. The van der Waals surface area contributed by atoms with Gasteiger partial charge < -0.3 is 9.57 Å². The molecule has 0 spiro atoms. The lowest BCUT2D eigenvalue weighted by molar-refractivity contribution is -0.151. The van der Waals surface area contributed by atoms with Crippen LogP contribution >= 0.6 is 23.2 Å². The number of carbonyl (C=O) groups excluding carboxylic acids is 2. The van der Waals surface area contributed by atoms with Crippen molar-refractivity contribution in [3.63, 3.8) is 0 Å². The lowest BCUT2D eigenvalue weighted by Gasteiger charge is -2.27. The van der Waals surface area contributed by atoms with Gasteiger partial charge in [0.25, 0.3) is 5.91 Å². The zero-order valence-corrected chi connectivity index (χ0v) is 17.7. The van der Waals surface area contributed by atoms with Crippen LogP contribution in [-0.4, -0.2) is 39.2 Å². The van der Waals surface area contributed by atoms with E-state index in [4.69, 9.17) is 32.8 Å². The number of nitrogens with one attached hydrogen (secondary N) is 1. The van der Waals surface area contributed by atoms with Crippen LogP contribution in [0, 0.1) is 0 Å². The lowest BCUT2D eigenvalue weighted by atomic mass is 10.1. The highest BCUT2D eigenvalue weighted by Crippen LogP contribution is 2.21. The van der Waals surface area contributed by atoms with Crippen LogP contribution in [-0.2, 0) is 22.5 Å². The van der Waals surface area contributed by atoms with Crippen LogP contribution in [0.15, 0.2) is 24.4 Å². The van der Waals surface area contributed by atoms with Crippen molar-refractivity contribution in [2.24, 2.45) is 0 Å². The molecule has 0 atom stereocenters. The molecule has 3 rings (SSSR count). The van der Waals surface area contributed by atoms with E-state index in [2.05, 4.69) is 15.3 Å². The van der Waals surface area contributed by atoms with Crippen molar-refractivity contribution in [3.8, 4) is 0 Å². The molecule has 154 valence electrons. The van der Waals surface area contributed by atoms with Gasteiger partial charge in [-0.3, -0.25) is 10.1 Å². The van der Waals surface area contributed by atoms with Gasteiger partial charge >= 0.3 is 6.16 Å². The molecule has 1 amide bonds. The van der Waals surface area contributed by atoms with Crippen molar-refractivity contribution in [3.05, 3.63) is 51.3 Å². The van der Waals surface area contributed by atoms with Gasteiger partial charge in [0.2, 0.25) is 5.95 Å². The van der Waals surface area contributed by atoms with Gasteiger partial charge in [0.1, 0.15) is 5.60 Å². The average Bonchev–Trinajstić information content (AvgIpc) is 2.59. The number of benzene rings is 1. The number of hydroxylamine groups is 2. The van der Waals surface area contributed by atoms with E-state index in [0.29, 0.717) is 35.1 Å². The molecule has 0 aliphatic carbocycles. The summed E-state index contributed by atoms with van der Waals surface area (Å²) >= 11 is 11.9. The summed E-state index contributed by atoms with van der Waals surface area (Å²) in [6, 6.07) is 4.56. The molecule has 10 heteroatoms. The molecule has 29 heavy (non-hydrogen) atoms. The predicted molar refractivity (Wildman–Crippen MR) is 108 cm³/mol. The third-order valence-corrected chi connectivity index (χ3v) is 4.28. The van der Waals surface area contributed by atoms with Crippen LogP contribution in [0.2, 0.25) is 10.0 Å². The molecule has 0 radical (unpaired) electrons. The van der Waals surface area contributed by atoms with E-state index in [1.807, 2.05) is 0 Å². The Bertz CT molecular complexity index is 926. The largest absolute Gasteiger partial charge is 0.528 e. The molecule has 2 aromatic rings. The first-order valence-electron chi connectivity index (χ1n) is 8.87. The van der Waals surface area contributed by atoms with E-state index in [0.717, 1.165) is 11.3 Å². The minimum atomic E-state index is -0.758. The van der Waals surface area contributed by atoms with Crippen molar-refractivity contribution in [1.29, 1.82) is 0 Å². The molecule has 0 unspecified atom stereocenters. The minimum Gasteiger partial charge on any atom is -0.427 e. The summed E-state index contributed by atoms with van der Waals surface area (Å²) in [5.74, 6) is -0.244. The number of rotatable bonds is 3. The maximum atomic E-state index is 12.4. The highest BCUT2D eigenvalue weighted by atomic mass is 35.5. The molecule has 0 saturated heterocycles. The van der Waals surface area contributed by atoms with Gasteiger partial charge in [-0.1, -0.05) is 23.2 Å². The second-order valence-corrected chi connectivity index (χ2v) is 8.32. The fraction of sp³-hybridized carbons (Fsp3) is 0.368. The normalized spacial score (nSPS) is 14.1. The van der Waals surface area contributed by atoms with Gasteiger partial charge in [0.15, 0.2) is 0 Å². The number of hydrogen-bond donors (Lipinski definition) is 1. The topological polar surface area (TPSA) is 93.7 Å². The number of fused-ring (bicyclic) bond motifs is 1. The Kier molecular flexibility index (Phi) is 6.26. The van der Waals surface area contributed by atoms with Gasteiger partial charge in [-0.2, -0.15) is 0 Å². The Labute approximate surface area is 178 Å². The second-order valence-electron chi connectivity index (χ2n) is 7.45. The van der Waals surface area contributed by atoms with E-state index >= 15 is 0 Å². The molecule has 8 nitrogen and oxygen atoms in total. The lowest BCUT2D eigenvalue weighted by Crippen LogP contribution is -2.36.